The summed E-state index contributed by atoms with van der Waals surface area (Å²) in [7, 11) is 0. The first kappa shape index (κ1) is 21.1. The third kappa shape index (κ3) is 6.48. The highest BCUT2D eigenvalue weighted by Gasteiger charge is 2.29. The van der Waals surface area contributed by atoms with Crippen LogP contribution in [-0.4, -0.2) is 29.2 Å². The van der Waals surface area contributed by atoms with Crippen LogP contribution in [0.25, 0.3) is 0 Å². The molecule has 0 saturated carbocycles. The van der Waals surface area contributed by atoms with E-state index in [0.717, 1.165) is 31.2 Å². The first-order chi connectivity index (χ1) is 11.6. The molecule has 1 saturated heterocycles. The number of hydrogen-bond donors (Lipinski definition) is 2. The summed E-state index contributed by atoms with van der Waals surface area (Å²) >= 11 is 0. The van der Waals surface area contributed by atoms with Gasteiger partial charge in [0.1, 0.15) is 0 Å². The van der Waals surface area contributed by atoms with E-state index in [0.29, 0.717) is 18.7 Å². The van der Waals surface area contributed by atoms with Gasteiger partial charge in [0.25, 0.3) is 0 Å². The fourth-order valence-corrected chi connectivity index (χ4v) is 2.75. The molecule has 0 spiro atoms. The van der Waals surface area contributed by atoms with Crippen molar-refractivity contribution >= 4 is 35.8 Å². The quantitative estimate of drug-likeness (QED) is 0.518. The maximum Gasteiger partial charge on any atom is 0.229 e. The van der Waals surface area contributed by atoms with E-state index in [9.17, 15) is 14.4 Å². The fraction of sp³-hybridized carbons (Fsp3) is 0.500. The molecule has 25 heavy (non-hydrogen) atoms. The molecule has 1 aromatic rings. The molecule has 1 aromatic carbocycles. The van der Waals surface area contributed by atoms with Crippen molar-refractivity contribution in [3.8, 4) is 0 Å². The Morgan fingerprint density at radius 3 is 2.36 bits per heavy atom. The van der Waals surface area contributed by atoms with Gasteiger partial charge in [-0.05, 0) is 31.0 Å². The molecule has 0 aromatic heterocycles. The van der Waals surface area contributed by atoms with E-state index in [1.807, 2.05) is 18.2 Å². The normalized spacial score (nSPS) is 13.7. The van der Waals surface area contributed by atoms with Crippen molar-refractivity contribution in [2.24, 2.45) is 5.73 Å². The summed E-state index contributed by atoms with van der Waals surface area (Å²) in [6, 6.07) is 7.29. The van der Waals surface area contributed by atoms with E-state index in [1.165, 1.54) is 4.90 Å². The SMILES string of the molecule is Cl.NCCCCCCC(=O)Nc1ccccc1CN1C(=O)CCC1=O. The zero-order chi connectivity index (χ0) is 17.4. The smallest absolute Gasteiger partial charge is 0.229 e. The average molecular weight is 368 g/mol. The number of anilines is 1. The van der Waals surface area contributed by atoms with E-state index in [1.54, 1.807) is 6.07 Å². The van der Waals surface area contributed by atoms with Crippen LogP contribution in [0.4, 0.5) is 5.69 Å². The summed E-state index contributed by atoms with van der Waals surface area (Å²) in [4.78, 5) is 36.9. The standard InChI is InChI=1S/C18H25N3O3.ClH/c19-12-6-2-1-3-9-16(22)20-15-8-5-4-7-14(15)13-21-17(23)10-11-18(21)24;/h4-5,7-8H,1-3,6,9-13,19H2,(H,20,22);1H. The van der Waals surface area contributed by atoms with E-state index < -0.39 is 0 Å². The molecule has 3 amide bonds. The topological polar surface area (TPSA) is 92.5 Å². The molecule has 0 atom stereocenters. The molecule has 2 rings (SSSR count). The van der Waals surface area contributed by atoms with Gasteiger partial charge in [0.2, 0.25) is 17.7 Å². The van der Waals surface area contributed by atoms with Crippen LogP contribution < -0.4 is 11.1 Å². The maximum absolute atomic E-state index is 12.1. The van der Waals surface area contributed by atoms with Crippen molar-refractivity contribution in [1.82, 2.24) is 4.90 Å². The number of amides is 3. The molecule has 1 heterocycles. The lowest BCUT2D eigenvalue weighted by Gasteiger charge is -2.17. The lowest BCUT2D eigenvalue weighted by molar-refractivity contribution is -0.139. The van der Waals surface area contributed by atoms with Crippen molar-refractivity contribution in [2.45, 2.75) is 51.5 Å². The predicted octanol–water partition coefficient (Wildman–Crippen LogP) is 2.61. The Balaban J connectivity index is 0.00000312. The van der Waals surface area contributed by atoms with Crippen LogP contribution in [0.1, 0.15) is 50.5 Å². The van der Waals surface area contributed by atoms with Crippen molar-refractivity contribution in [3.05, 3.63) is 29.8 Å². The number of unbranched alkanes of at least 4 members (excludes halogenated alkanes) is 3. The molecule has 0 aliphatic carbocycles. The van der Waals surface area contributed by atoms with Crippen LogP contribution >= 0.6 is 12.4 Å². The van der Waals surface area contributed by atoms with Crippen LogP contribution in [0.3, 0.4) is 0 Å². The molecule has 138 valence electrons. The third-order valence-corrected chi connectivity index (χ3v) is 4.13. The van der Waals surface area contributed by atoms with Gasteiger partial charge in [0, 0.05) is 24.9 Å². The second-order valence-corrected chi connectivity index (χ2v) is 6.03. The van der Waals surface area contributed by atoms with Crippen LogP contribution in [0.5, 0.6) is 0 Å². The van der Waals surface area contributed by atoms with Gasteiger partial charge in [-0.2, -0.15) is 0 Å². The van der Waals surface area contributed by atoms with Crippen LogP contribution in [0, 0.1) is 0 Å². The van der Waals surface area contributed by atoms with Crippen molar-refractivity contribution in [3.63, 3.8) is 0 Å². The summed E-state index contributed by atoms with van der Waals surface area (Å²) < 4.78 is 0. The van der Waals surface area contributed by atoms with Gasteiger partial charge in [-0.15, -0.1) is 12.4 Å². The molecular formula is C18H26ClN3O3. The Kier molecular flexibility index (Phi) is 9.16. The number of imide groups is 1. The highest BCUT2D eigenvalue weighted by atomic mass is 35.5. The molecule has 0 bridgehead atoms. The summed E-state index contributed by atoms with van der Waals surface area (Å²) in [6.45, 7) is 0.901. The largest absolute Gasteiger partial charge is 0.330 e. The van der Waals surface area contributed by atoms with Crippen molar-refractivity contribution in [1.29, 1.82) is 0 Å². The number of carbonyl (C=O) groups is 3. The fourth-order valence-electron chi connectivity index (χ4n) is 2.75. The minimum Gasteiger partial charge on any atom is -0.330 e. The predicted molar refractivity (Wildman–Crippen MR) is 99.3 cm³/mol. The van der Waals surface area contributed by atoms with Gasteiger partial charge in [-0.3, -0.25) is 19.3 Å². The van der Waals surface area contributed by atoms with Gasteiger partial charge in [-0.1, -0.05) is 31.0 Å². The molecule has 1 fully saturated rings. The van der Waals surface area contributed by atoms with Gasteiger partial charge in [0.05, 0.1) is 6.54 Å². The minimum absolute atomic E-state index is 0. The van der Waals surface area contributed by atoms with Gasteiger partial charge < -0.3 is 11.1 Å². The second-order valence-electron chi connectivity index (χ2n) is 6.03. The Morgan fingerprint density at radius 2 is 1.68 bits per heavy atom. The Morgan fingerprint density at radius 1 is 1.04 bits per heavy atom. The van der Waals surface area contributed by atoms with Gasteiger partial charge in [0.15, 0.2) is 0 Å². The maximum atomic E-state index is 12.1. The number of likely N-dealkylation sites (tertiary alicyclic amines) is 1. The van der Waals surface area contributed by atoms with Crippen LogP contribution in [0.15, 0.2) is 24.3 Å². The van der Waals surface area contributed by atoms with E-state index in [4.69, 9.17) is 5.73 Å². The molecule has 1 aliphatic rings. The summed E-state index contributed by atoms with van der Waals surface area (Å²) in [5.74, 6) is -0.351. The number of hydrogen-bond acceptors (Lipinski definition) is 4. The lowest BCUT2D eigenvalue weighted by atomic mass is 10.1. The Labute approximate surface area is 154 Å². The number of nitrogens with two attached hydrogens (primary N) is 1. The molecular weight excluding hydrogens is 342 g/mol. The van der Waals surface area contributed by atoms with Crippen LogP contribution in [-0.2, 0) is 20.9 Å². The summed E-state index contributed by atoms with van der Waals surface area (Å²) in [5, 5.41) is 2.89. The van der Waals surface area contributed by atoms with Crippen molar-refractivity contribution in [2.75, 3.05) is 11.9 Å². The Bertz CT molecular complexity index is 591. The number of carbonyl (C=O) groups excluding carboxylic acids is 3. The zero-order valence-corrected chi connectivity index (χ0v) is 15.1. The second kappa shape index (κ2) is 10.8. The Hall–Kier alpha value is -1.92. The lowest BCUT2D eigenvalue weighted by Crippen LogP contribution is -2.29. The van der Waals surface area contributed by atoms with Gasteiger partial charge >= 0.3 is 0 Å². The average Bonchev–Trinajstić information content (AvgIpc) is 2.88. The zero-order valence-electron chi connectivity index (χ0n) is 14.3. The first-order valence-electron chi connectivity index (χ1n) is 8.53. The molecule has 0 unspecified atom stereocenters. The monoisotopic (exact) mass is 367 g/mol. The van der Waals surface area contributed by atoms with Crippen LogP contribution in [0.2, 0.25) is 0 Å². The molecule has 3 N–H and O–H groups in total. The first-order valence-corrected chi connectivity index (χ1v) is 8.53. The van der Waals surface area contributed by atoms with Crippen molar-refractivity contribution < 1.29 is 14.4 Å². The number of halogens is 1. The summed E-state index contributed by atoms with van der Waals surface area (Å²) in [5.41, 5.74) is 6.88. The van der Waals surface area contributed by atoms with E-state index in [2.05, 4.69) is 5.32 Å². The van der Waals surface area contributed by atoms with E-state index >= 15 is 0 Å². The summed E-state index contributed by atoms with van der Waals surface area (Å²) in [6.07, 6.45) is 4.86. The third-order valence-electron chi connectivity index (χ3n) is 4.13. The number of benzene rings is 1. The molecule has 1 aliphatic heterocycles. The highest BCUT2D eigenvalue weighted by molar-refractivity contribution is 6.02. The molecule has 7 heteroatoms. The number of nitrogens with zero attached hydrogens (tertiary/aromatic N) is 1. The number of para-hydroxylation sites is 1. The number of rotatable bonds is 9. The minimum atomic E-state index is -0.152. The molecule has 0 radical (unpaired) electrons. The van der Waals surface area contributed by atoms with Gasteiger partial charge in [-0.25, -0.2) is 0 Å². The highest BCUT2D eigenvalue weighted by Crippen LogP contribution is 2.21. The number of nitrogens with one attached hydrogen (secondary N) is 1. The molecule has 6 nitrogen and oxygen atoms in total. The van der Waals surface area contributed by atoms with E-state index in [-0.39, 0.29) is 49.5 Å².